The average molecular weight is 168 g/mol. The standard InChI is InChI=1S/C8H9FN2O/c9-7-5-11-4-2-6(7)8(12)1-3-10/h2,4-5H,1,3,10H2. The van der Waals surface area contributed by atoms with Crippen LogP contribution in [0.5, 0.6) is 0 Å². The van der Waals surface area contributed by atoms with Crippen LogP contribution in [0.3, 0.4) is 0 Å². The molecule has 4 heteroatoms. The Bertz CT molecular complexity index is 288. The topological polar surface area (TPSA) is 56.0 Å². The lowest BCUT2D eigenvalue weighted by Crippen LogP contribution is -2.09. The van der Waals surface area contributed by atoms with Gasteiger partial charge in [0.15, 0.2) is 11.6 Å². The van der Waals surface area contributed by atoms with Gasteiger partial charge < -0.3 is 5.73 Å². The minimum atomic E-state index is -0.587. The Morgan fingerprint density at radius 1 is 1.67 bits per heavy atom. The maximum Gasteiger partial charge on any atom is 0.167 e. The molecule has 0 bridgehead atoms. The van der Waals surface area contributed by atoms with E-state index in [0.717, 1.165) is 6.20 Å². The highest BCUT2D eigenvalue weighted by Gasteiger charge is 2.09. The Hall–Kier alpha value is -1.29. The number of halogens is 1. The van der Waals surface area contributed by atoms with E-state index in [1.807, 2.05) is 0 Å². The normalized spacial score (nSPS) is 9.83. The van der Waals surface area contributed by atoms with Crippen molar-refractivity contribution < 1.29 is 9.18 Å². The van der Waals surface area contributed by atoms with Crippen LogP contribution >= 0.6 is 0 Å². The van der Waals surface area contributed by atoms with Gasteiger partial charge in [0, 0.05) is 12.6 Å². The minimum absolute atomic E-state index is 0.0652. The van der Waals surface area contributed by atoms with Crippen molar-refractivity contribution in [2.24, 2.45) is 5.73 Å². The number of nitrogens with zero attached hydrogens (tertiary/aromatic N) is 1. The quantitative estimate of drug-likeness (QED) is 0.677. The van der Waals surface area contributed by atoms with E-state index < -0.39 is 5.82 Å². The fourth-order valence-corrected chi connectivity index (χ4v) is 0.867. The lowest BCUT2D eigenvalue weighted by atomic mass is 10.1. The molecule has 1 rings (SSSR count). The number of rotatable bonds is 3. The van der Waals surface area contributed by atoms with Gasteiger partial charge in [-0.1, -0.05) is 0 Å². The molecule has 1 aromatic heterocycles. The second kappa shape index (κ2) is 3.92. The molecule has 12 heavy (non-hydrogen) atoms. The van der Waals surface area contributed by atoms with Crippen molar-refractivity contribution in [3.05, 3.63) is 29.8 Å². The van der Waals surface area contributed by atoms with Gasteiger partial charge >= 0.3 is 0 Å². The molecule has 64 valence electrons. The molecular weight excluding hydrogens is 159 g/mol. The molecule has 0 saturated heterocycles. The van der Waals surface area contributed by atoms with Gasteiger partial charge in [-0.3, -0.25) is 9.78 Å². The van der Waals surface area contributed by atoms with Crippen LogP contribution in [-0.4, -0.2) is 17.3 Å². The number of carbonyl (C=O) groups excluding carboxylic acids is 1. The number of hydrogen-bond acceptors (Lipinski definition) is 3. The highest BCUT2D eigenvalue weighted by molar-refractivity contribution is 5.96. The molecule has 0 unspecified atom stereocenters. The number of aromatic nitrogens is 1. The molecule has 0 fully saturated rings. The molecule has 0 spiro atoms. The third-order valence-corrected chi connectivity index (χ3v) is 1.44. The third-order valence-electron chi connectivity index (χ3n) is 1.44. The molecular formula is C8H9FN2O. The number of ketones is 1. The van der Waals surface area contributed by atoms with Gasteiger partial charge in [-0.25, -0.2) is 4.39 Å². The summed E-state index contributed by atoms with van der Waals surface area (Å²) in [5, 5.41) is 0. The van der Waals surface area contributed by atoms with Crippen LogP contribution in [0.25, 0.3) is 0 Å². The number of nitrogens with two attached hydrogens (primary N) is 1. The number of hydrogen-bond donors (Lipinski definition) is 1. The number of carbonyl (C=O) groups is 1. The predicted octanol–water partition coefficient (Wildman–Crippen LogP) is 0.752. The zero-order valence-corrected chi connectivity index (χ0v) is 6.46. The zero-order valence-electron chi connectivity index (χ0n) is 6.46. The minimum Gasteiger partial charge on any atom is -0.330 e. The summed E-state index contributed by atoms with van der Waals surface area (Å²) >= 11 is 0. The summed E-state index contributed by atoms with van der Waals surface area (Å²) in [4.78, 5) is 14.6. The molecule has 0 radical (unpaired) electrons. The lowest BCUT2D eigenvalue weighted by Gasteiger charge is -1.98. The molecule has 3 nitrogen and oxygen atoms in total. The van der Waals surface area contributed by atoms with E-state index in [1.165, 1.54) is 12.3 Å². The summed E-state index contributed by atoms with van der Waals surface area (Å²) in [6, 6.07) is 1.35. The van der Waals surface area contributed by atoms with Crippen molar-refractivity contribution >= 4 is 5.78 Å². The van der Waals surface area contributed by atoms with Crippen LogP contribution in [0.2, 0.25) is 0 Å². The van der Waals surface area contributed by atoms with Crippen molar-refractivity contribution in [2.75, 3.05) is 6.54 Å². The summed E-state index contributed by atoms with van der Waals surface area (Å²) in [6.07, 6.45) is 2.57. The maximum absolute atomic E-state index is 12.8. The van der Waals surface area contributed by atoms with E-state index >= 15 is 0 Å². The smallest absolute Gasteiger partial charge is 0.167 e. The number of Topliss-reactive ketones (excluding diaryl/α,β-unsaturated/α-hetero) is 1. The van der Waals surface area contributed by atoms with Crippen LogP contribution in [0, 0.1) is 5.82 Å². The first-order valence-electron chi connectivity index (χ1n) is 3.58. The van der Waals surface area contributed by atoms with Crippen molar-refractivity contribution in [3.63, 3.8) is 0 Å². The molecule has 0 aliphatic rings. The Balaban J connectivity index is 2.87. The monoisotopic (exact) mass is 168 g/mol. The molecule has 2 N–H and O–H groups in total. The Kier molecular flexibility index (Phi) is 2.88. The molecule has 0 atom stereocenters. The third kappa shape index (κ3) is 1.85. The van der Waals surface area contributed by atoms with Crippen molar-refractivity contribution in [2.45, 2.75) is 6.42 Å². The highest BCUT2D eigenvalue weighted by Crippen LogP contribution is 2.06. The SMILES string of the molecule is NCCC(=O)c1ccncc1F. The van der Waals surface area contributed by atoms with Crippen molar-refractivity contribution in [1.82, 2.24) is 4.98 Å². The summed E-state index contributed by atoms with van der Waals surface area (Å²) in [7, 11) is 0. The van der Waals surface area contributed by atoms with E-state index in [-0.39, 0.29) is 24.3 Å². The molecule has 1 aromatic rings. The Labute approximate surface area is 69.4 Å². The van der Waals surface area contributed by atoms with Gasteiger partial charge in [0.25, 0.3) is 0 Å². The summed E-state index contributed by atoms with van der Waals surface area (Å²) in [5.41, 5.74) is 5.22. The molecule has 0 aliphatic heterocycles. The van der Waals surface area contributed by atoms with Gasteiger partial charge in [-0.05, 0) is 12.6 Å². The van der Waals surface area contributed by atoms with Crippen LogP contribution in [0.1, 0.15) is 16.8 Å². The second-order valence-electron chi connectivity index (χ2n) is 2.32. The first-order chi connectivity index (χ1) is 5.75. The van der Waals surface area contributed by atoms with E-state index in [9.17, 15) is 9.18 Å². The molecule has 0 aromatic carbocycles. The van der Waals surface area contributed by atoms with E-state index in [1.54, 1.807) is 0 Å². The van der Waals surface area contributed by atoms with Crippen molar-refractivity contribution in [3.8, 4) is 0 Å². The largest absolute Gasteiger partial charge is 0.330 e. The highest BCUT2D eigenvalue weighted by atomic mass is 19.1. The van der Waals surface area contributed by atoms with E-state index in [4.69, 9.17) is 5.73 Å². The first-order valence-corrected chi connectivity index (χ1v) is 3.58. The van der Waals surface area contributed by atoms with Gasteiger partial charge in [0.1, 0.15) is 0 Å². The Morgan fingerprint density at radius 2 is 2.42 bits per heavy atom. The van der Waals surface area contributed by atoms with Crippen LogP contribution in [0.4, 0.5) is 4.39 Å². The van der Waals surface area contributed by atoms with Crippen molar-refractivity contribution in [1.29, 1.82) is 0 Å². The van der Waals surface area contributed by atoms with Gasteiger partial charge in [0.05, 0.1) is 11.8 Å². The van der Waals surface area contributed by atoms with Gasteiger partial charge in [-0.15, -0.1) is 0 Å². The zero-order chi connectivity index (χ0) is 8.97. The van der Waals surface area contributed by atoms with Gasteiger partial charge in [0.2, 0.25) is 0 Å². The fraction of sp³-hybridized carbons (Fsp3) is 0.250. The first kappa shape index (κ1) is 8.80. The maximum atomic E-state index is 12.8. The lowest BCUT2D eigenvalue weighted by molar-refractivity contribution is 0.0981. The molecule has 1 heterocycles. The van der Waals surface area contributed by atoms with E-state index in [2.05, 4.69) is 4.98 Å². The second-order valence-corrected chi connectivity index (χ2v) is 2.32. The fourth-order valence-electron chi connectivity index (χ4n) is 0.867. The molecule has 0 saturated carbocycles. The van der Waals surface area contributed by atoms with Gasteiger partial charge in [-0.2, -0.15) is 0 Å². The summed E-state index contributed by atoms with van der Waals surface area (Å²) in [5.74, 6) is -0.867. The average Bonchev–Trinajstić information content (AvgIpc) is 2.05. The van der Waals surface area contributed by atoms with Crippen LogP contribution in [0.15, 0.2) is 18.5 Å². The Morgan fingerprint density at radius 3 is 3.00 bits per heavy atom. The number of pyridine rings is 1. The predicted molar refractivity (Wildman–Crippen MR) is 42.2 cm³/mol. The van der Waals surface area contributed by atoms with E-state index in [0.29, 0.717) is 0 Å². The van der Waals surface area contributed by atoms with Crippen LogP contribution in [-0.2, 0) is 0 Å². The molecule has 0 amide bonds. The summed E-state index contributed by atoms with van der Waals surface area (Å²) in [6.45, 7) is 0.237. The van der Waals surface area contributed by atoms with Crippen LogP contribution < -0.4 is 5.73 Å². The molecule has 0 aliphatic carbocycles. The summed E-state index contributed by atoms with van der Waals surface area (Å²) < 4.78 is 12.8.